The fourth-order valence-corrected chi connectivity index (χ4v) is 2.38. The van der Waals surface area contributed by atoms with Gasteiger partial charge in [0.2, 0.25) is 0 Å². The van der Waals surface area contributed by atoms with Crippen LogP contribution >= 0.6 is 11.6 Å². The van der Waals surface area contributed by atoms with Crippen LogP contribution in [0.1, 0.15) is 26.7 Å². The first kappa shape index (κ1) is 16.9. The van der Waals surface area contributed by atoms with Crippen LogP contribution in [0.2, 0.25) is 5.15 Å². The van der Waals surface area contributed by atoms with Crippen molar-refractivity contribution in [3.8, 4) is 5.75 Å². The molecule has 0 saturated carbocycles. The molecule has 1 aromatic rings. The number of hydrogen-bond donors (Lipinski definition) is 0. The molecule has 6 heteroatoms. The van der Waals surface area contributed by atoms with Crippen molar-refractivity contribution >= 4 is 17.7 Å². The Morgan fingerprint density at radius 2 is 2.14 bits per heavy atom. The lowest BCUT2D eigenvalue weighted by atomic mass is 9.98. The van der Waals surface area contributed by atoms with Crippen molar-refractivity contribution in [3.05, 3.63) is 23.5 Å². The van der Waals surface area contributed by atoms with Crippen molar-refractivity contribution in [2.24, 2.45) is 11.8 Å². The summed E-state index contributed by atoms with van der Waals surface area (Å²) in [5, 5.41) is 0.459. The molecule has 0 aliphatic carbocycles. The zero-order valence-electron chi connectivity index (χ0n) is 13.1. The number of hydrogen-bond acceptors (Lipinski definition) is 4. The minimum Gasteiger partial charge on any atom is -0.492 e. The highest BCUT2D eigenvalue weighted by atomic mass is 35.5. The minimum absolute atomic E-state index is 0.199. The van der Waals surface area contributed by atoms with Gasteiger partial charge in [-0.2, -0.15) is 0 Å². The fraction of sp³-hybridized carbons (Fsp3) is 0.625. The van der Waals surface area contributed by atoms with E-state index in [4.69, 9.17) is 21.1 Å². The monoisotopic (exact) mass is 326 g/mol. The molecule has 0 unspecified atom stereocenters. The number of aromatic nitrogens is 1. The van der Waals surface area contributed by atoms with Gasteiger partial charge >= 0.3 is 6.09 Å². The Morgan fingerprint density at radius 3 is 2.73 bits per heavy atom. The molecule has 22 heavy (non-hydrogen) atoms. The maximum atomic E-state index is 11.9. The zero-order chi connectivity index (χ0) is 15.9. The van der Waals surface area contributed by atoms with Crippen molar-refractivity contribution in [2.45, 2.75) is 26.7 Å². The first-order chi connectivity index (χ1) is 10.5. The van der Waals surface area contributed by atoms with Gasteiger partial charge < -0.3 is 14.4 Å². The summed E-state index contributed by atoms with van der Waals surface area (Å²) in [5.41, 5.74) is 0. The van der Waals surface area contributed by atoms with E-state index in [-0.39, 0.29) is 6.09 Å². The van der Waals surface area contributed by atoms with Gasteiger partial charge in [-0.15, -0.1) is 0 Å². The van der Waals surface area contributed by atoms with E-state index in [0.29, 0.717) is 30.2 Å². The molecule has 1 aromatic heterocycles. The third-order valence-electron chi connectivity index (χ3n) is 3.60. The molecular weight excluding hydrogens is 304 g/mol. The van der Waals surface area contributed by atoms with Crippen molar-refractivity contribution in [3.63, 3.8) is 0 Å². The lowest BCUT2D eigenvalue weighted by Gasteiger charge is -2.31. The standard InChI is InChI=1S/C16H23ClN2O3/c1-12(2)10-22-16(20)19-7-5-13(6-8-19)11-21-14-3-4-15(17)18-9-14/h3-4,9,12-13H,5-8,10-11H2,1-2H3. The van der Waals surface area contributed by atoms with Gasteiger partial charge in [0.25, 0.3) is 0 Å². The summed E-state index contributed by atoms with van der Waals surface area (Å²) in [5.74, 6) is 1.54. The second-order valence-corrected chi connectivity index (χ2v) is 6.42. The van der Waals surface area contributed by atoms with E-state index < -0.39 is 0 Å². The molecule has 0 spiro atoms. The van der Waals surface area contributed by atoms with Crippen molar-refractivity contribution in [1.29, 1.82) is 0 Å². The smallest absolute Gasteiger partial charge is 0.409 e. The summed E-state index contributed by atoms with van der Waals surface area (Å²) < 4.78 is 11.0. The molecule has 1 fully saturated rings. The van der Waals surface area contributed by atoms with E-state index in [1.165, 1.54) is 0 Å². The van der Waals surface area contributed by atoms with Gasteiger partial charge in [0.15, 0.2) is 0 Å². The maximum Gasteiger partial charge on any atom is 0.409 e. The van der Waals surface area contributed by atoms with Gasteiger partial charge in [-0.3, -0.25) is 0 Å². The second-order valence-electron chi connectivity index (χ2n) is 6.03. The highest BCUT2D eigenvalue weighted by Gasteiger charge is 2.24. The van der Waals surface area contributed by atoms with Crippen LogP contribution in [0.25, 0.3) is 0 Å². The Labute approximate surface area is 136 Å². The van der Waals surface area contributed by atoms with Gasteiger partial charge in [-0.25, -0.2) is 9.78 Å². The SMILES string of the molecule is CC(C)COC(=O)N1CCC(COc2ccc(Cl)nc2)CC1. The quantitative estimate of drug-likeness (QED) is 0.775. The molecule has 2 rings (SSSR count). The molecule has 122 valence electrons. The third kappa shape index (κ3) is 5.37. The van der Waals surface area contributed by atoms with E-state index >= 15 is 0 Å². The van der Waals surface area contributed by atoms with Crippen LogP contribution in [0.5, 0.6) is 5.75 Å². The molecule has 1 saturated heterocycles. The third-order valence-corrected chi connectivity index (χ3v) is 3.82. The van der Waals surface area contributed by atoms with Crippen molar-refractivity contribution in [2.75, 3.05) is 26.3 Å². The van der Waals surface area contributed by atoms with Crippen LogP contribution in [-0.2, 0) is 4.74 Å². The molecule has 0 aromatic carbocycles. The summed E-state index contributed by atoms with van der Waals surface area (Å²) >= 11 is 5.74. The predicted molar refractivity (Wildman–Crippen MR) is 85.2 cm³/mol. The first-order valence-corrected chi connectivity index (χ1v) is 8.08. The van der Waals surface area contributed by atoms with E-state index in [9.17, 15) is 4.79 Å². The summed E-state index contributed by atoms with van der Waals surface area (Å²) in [4.78, 5) is 17.6. The second kappa shape index (κ2) is 8.22. The van der Waals surface area contributed by atoms with E-state index in [0.717, 1.165) is 31.7 Å². The lowest BCUT2D eigenvalue weighted by molar-refractivity contribution is 0.0733. The molecular formula is C16H23ClN2O3. The van der Waals surface area contributed by atoms with E-state index in [1.54, 1.807) is 17.2 Å². The number of nitrogens with zero attached hydrogens (tertiary/aromatic N) is 2. The number of likely N-dealkylation sites (tertiary alicyclic amines) is 1. The van der Waals surface area contributed by atoms with E-state index in [2.05, 4.69) is 4.98 Å². The molecule has 0 radical (unpaired) electrons. The zero-order valence-corrected chi connectivity index (χ0v) is 13.9. The van der Waals surface area contributed by atoms with Crippen molar-refractivity contribution < 1.29 is 14.3 Å². The summed E-state index contributed by atoms with van der Waals surface area (Å²) in [6.07, 6.45) is 3.28. The maximum absolute atomic E-state index is 11.9. The first-order valence-electron chi connectivity index (χ1n) is 7.70. The molecule has 1 aliphatic heterocycles. The normalized spacial score (nSPS) is 15.9. The topological polar surface area (TPSA) is 51.7 Å². The van der Waals surface area contributed by atoms with Crippen LogP contribution in [-0.4, -0.2) is 42.3 Å². The van der Waals surface area contributed by atoms with Gasteiger partial charge in [0, 0.05) is 13.1 Å². The minimum atomic E-state index is -0.199. The molecule has 1 aliphatic rings. The molecule has 0 bridgehead atoms. The van der Waals surface area contributed by atoms with Crippen LogP contribution in [0.15, 0.2) is 18.3 Å². The lowest BCUT2D eigenvalue weighted by Crippen LogP contribution is -2.40. The number of amides is 1. The van der Waals surface area contributed by atoms with Crippen molar-refractivity contribution in [1.82, 2.24) is 9.88 Å². The number of rotatable bonds is 5. The van der Waals surface area contributed by atoms with Crippen LogP contribution < -0.4 is 4.74 Å². The Kier molecular flexibility index (Phi) is 6.31. The summed E-state index contributed by atoms with van der Waals surface area (Å²) in [7, 11) is 0. The van der Waals surface area contributed by atoms with Crippen LogP contribution in [0.4, 0.5) is 4.79 Å². The largest absolute Gasteiger partial charge is 0.492 e. The van der Waals surface area contributed by atoms with Gasteiger partial charge in [0.1, 0.15) is 10.9 Å². The number of carbonyl (C=O) groups excluding carboxylic acids is 1. The number of ether oxygens (including phenoxy) is 2. The number of piperidine rings is 1. The molecule has 5 nitrogen and oxygen atoms in total. The summed E-state index contributed by atoms with van der Waals surface area (Å²) in [6.45, 7) is 6.63. The Morgan fingerprint density at radius 1 is 1.41 bits per heavy atom. The average Bonchev–Trinajstić information content (AvgIpc) is 2.52. The number of halogens is 1. The predicted octanol–water partition coefficient (Wildman–Crippen LogP) is 3.62. The van der Waals surface area contributed by atoms with Crippen LogP contribution in [0, 0.1) is 11.8 Å². The Balaban J connectivity index is 1.68. The number of pyridine rings is 1. The fourth-order valence-electron chi connectivity index (χ4n) is 2.27. The van der Waals surface area contributed by atoms with Crippen LogP contribution in [0.3, 0.4) is 0 Å². The Hall–Kier alpha value is -1.49. The Bertz CT molecular complexity index is 471. The number of carbonyl (C=O) groups is 1. The molecule has 0 N–H and O–H groups in total. The van der Waals surface area contributed by atoms with Gasteiger partial charge in [-0.1, -0.05) is 25.4 Å². The van der Waals surface area contributed by atoms with E-state index in [1.807, 2.05) is 19.9 Å². The summed E-state index contributed by atoms with van der Waals surface area (Å²) in [6, 6.07) is 3.53. The van der Waals surface area contributed by atoms with Gasteiger partial charge in [-0.05, 0) is 36.8 Å². The van der Waals surface area contributed by atoms with Gasteiger partial charge in [0.05, 0.1) is 19.4 Å². The molecule has 2 heterocycles. The highest BCUT2D eigenvalue weighted by Crippen LogP contribution is 2.20. The molecule has 1 amide bonds. The molecule has 0 atom stereocenters. The highest BCUT2D eigenvalue weighted by molar-refractivity contribution is 6.29. The average molecular weight is 327 g/mol.